The number of hydrogen-bond acceptors (Lipinski definition) is 2. The van der Waals surface area contributed by atoms with Crippen molar-refractivity contribution >= 4 is 33.3 Å². The van der Waals surface area contributed by atoms with Gasteiger partial charge in [-0.15, -0.1) is 0 Å². The minimum Gasteiger partial charge on any atom is -0.325 e. The molecule has 22 heavy (non-hydrogen) atoms. The number of carbonyl (C=O) groups is 2. The average Bonchev–Trinajstić information content (AvgIpc) is 2.35. The molecule has 0 heterocycles. The summed E-state index contributed by atoms with van der Waals surface area (Å²) in [5.74, 6) is -0.380. The number of nitrogens with one attached hydrogen (secondary N) is 1. The van der Waals surface area contributed by atoms with Crippen molar-refractivity contribution in [2.75, 3.05) is 10.6 Å². The minimum atomic E-state index is -0.258. The topological polar surface area (TPSA) is 46.2 Å². The van der Waals surface area contributed by atoms with Gasteiger partial charge in [0.2, 0.25) is 5.91 Å². The fourth-order valence-corrected chi connectivity index (χ4v) is 2.55. The molecule has 0 aliphatic carbocycles. The molecule has 122 valence electrons. The fraction of sp³-hybridized carbons (Fsp3) is 0.556. The van der Waals surface area contributed by atoms with Crippen LogP contribution in [0.1, 0.15) is 59.1 Å². The molecule has 4 heteroatoms. The van der Waals surface area contributed by atoms with Gasteiger partial charge in [0.1, 0.15) is 0 Å². The zero-order valence-corrected chi connectivity index (χ0v) is 15.9. The van der Waals surface area contributed by atoms with Crippen molar-refractivity contribution < 1.29 is 9.59 Å². The molecule has 0 bridgehead atoms. The number of hydrogen-bond donors (Lipinski definition) is 1. The van der Waals surface area contributed by atoms with Gasteiger partial charge in [0.15, 0.2) is 5.78 Å². The molecule has 0 fully saturated rings. The van der Waals surface area contributed by atoms with Crippen molar-refractivity contribution in [2.45, 2.75) is 58.8 Å². The molecule has 3 nitrogen and oxygen atoms in total. The van der Waals surface area contributed by atoms with Crippen LogP contribution in [0.15, 0.2) is 18.2 Å². The van der Waals surface area contributed by atoms with Gasteiger partial charge in [-0.3, -0.25) is 9.59 Å². The van der Waals surface area contributed by atoms with Gasteiger partial charge >= 0.3 is 0 Å². The van der Waals surface area contributed by atoms with E-state index in [9.17, 15) is 9.59 Å². The van der Waals surface area contributed by atoms with Crippen LogP contribution in [0.25, 0.3) is 0 Å². The number of para-hydroxylation sites is 1. The Bertz CT molecular complexity index is 533. The normalized spacial score (nSPS) is 12.1. The largest absolute Gasteiger partial charge is 0.325 e. The van der Waals surface area contributed by atoms with E-state index in [0.29, 0.717) is 0 Å². The van der Waals surface area contributed by atoms with E-state index in [0.717, 1.165) is 16.8 Å². The molecule has 1 aromatic carbocycles. The van der Waals surface area contributed by atoms with Crippen LogP contribution < -0.4 is 5.32 Å². The van der Waals surface area contributed by atoms with Gasteiger partial charge in [0.05, 0.1) is 11.8 Å². The van der Waals surface area contributed by atoms with Gasteiger partial charge in [-0.25, -0.2) is 0 Å². The summed E-state index contributed by atoms with van der Waals surface area (Å²) < 4.78 is 0. The molecule has 1 rings (SSSR count). The second kappa shape index (κ2) is 6.95. The number of ketones is 1. The molecular formula is C18H26BrNO2. The number of rotatable bonds is 4. The van der Waals surface area contributed by atoms with E-state index in [4.69, 9.17) is 0 Å². The first kappa shape index (κ1) is 18.9. The highest BCUT2D eigenvalue weighted by Crippen LogP contribution is 2.37. The highest BCUT2D eigenvalue weighted by molar-refractivity contribution is 9.09. The van der Waals surface area contributed by atoms with Gasteiger partial charge in [-0.05, 0) is 22.0 Å². The summed E-state index contributed by atoms with van der Waals surface area (Å²) in [6.07, 6.45) is -0.104. The third kappa shape index (κ3) is 4.94. The molecule has 0 atom stereocenters. The van der Waals surface area contributed by atoms with Crippen molar-refractivity contribution in [3.05, 3.63) is 29.3 Å². The monoisotopic (exact) mass is 367 g/mol. The second-order valence-electron chi connectivity index (χ2n) is 7.63. The summed E-state index contributed by atoms with van der Waals surface area (Å²) in [5.41, 5.74) is 2.82. The van der Waals surface area contributed by atoms with Crippen LogP contribution in [0.5, 0.6) is 0 Å². The van der Waals surface area contributed by atoms with Gasteiger partial charge in [0, 0.05) is 5.69 Å². The summed E-state index contributed by atoms with van der Waals surface area (Å²) in [7, 11) is 0. The Morgan fingerprint density at radius 1 is 1.00 bits per heavy atom. The first-order chi connectivity index (χ1) is 9.96. The lowest BCUT2D eigenvalue weighted by atomic mass is 9.78. The van der Waals surface area contributed by atoms with Gasteiger partial charge in [-0.1, -0.05) is 75.7 Å². The Morgan fingerprint density at radius 3 is 1.82 bits per heavy atom. The zero-order chi connectivity index (χ0) is 17.1. The lowest BCUT2D eigenvalue weighted by molar-refractivity contribution is -0.123. The third-order valence-electron chi connectivity index (χ3n) is 3.45. The Balaban J connectivity index is 3.30. The Hall–Kier alpha value is -1.16. The average molecular weight is 368 g/mol. The number of alkyl halides is 1. The van der Waals surface area contributed by atoms with Gasteiger partial charge < -0.3 is 5.32 Å². The van der Waals surface area contributed by atoms with Crippen LogP contribution in [0.4, 0.5) is 5.69 Å². The molecule has 0 saturated carbocycles. The number of anilines is 1. The van der Waals surface area contributed by atoms with Gasteiger partial charge in [0.25, 0.3) is 0 Å². The molecule has 0 aliphatic heterocycles. The summed E-state index contributed by atoms with van der Waals surface area (Å²) in [4.78, 5) is 23.7. The quantitative estimate of drug-likeness (QED) is 0.625. The standard InChI is InChI=1S/C18H26BrNO2/c1-17(2,3)13-8-7-9-14(18(4,5)6)16(13)20-15(22)10-12(21)11-19/h7-9H,10-11H2,1-6H3,(H,20,22). The molecule has 0 spiro atoms. The first-order valence-electron chi connectivity index (χ1n) is 7.48. The van der Waals surface area contributed by atoms with E-state index in [1.54, 1.807) is 0 Å². The van der Waals surface area contributed by atoms with Crippen LogP contribution in [-0.4, -0.2) is 17.0 Å². The lowest BCUT2D eigenvalue weighted by Gasteiger charge is -2.30. The molecule has 1 N–H and O–H groups in total. The van der Waals surface area contributed by atoms with Crippen LogP contribution in [0.2, 0.25) is 0 Å². The number of carbonyl (C=O) groups excluding carboxylic acids is 2. The summed E-state index contributed by atoms with van der Waals surface area (Å²) in [6, 6.07) is 6.11. The summed E-state index contributed by atoms with van der Waals surface area (Å²) in [5, 5.41) is 3.18. The highest BCUT2D eigenvalue weighted by atomic mass is 79.9. The number of amides is 1. The molecule has 0 aromatic heterocycles. The van der Waals surface area contributed by atoms with E-state index >= 15 is 0 Å². The van der Waals surface area contributed by atoms with Crippen molar-refractivity contribution in [1.82, 2.24) is 0 Å². The lowest BCUT2D eigenvalue weighted by Crippen LogP contribution is -2.25. The van der Waals surface area contributed by atoms with Crippen molar-refractivity contribution in [3.8, 4) is 0 Å². The van der Waals surface area contributed by atoms with E-state index in [-0.39, 0.29) is 34.3 Å². The molecule has 0 unspecified atom stereocenters. The maximum atomic E-state index is 12.2. The van der Waals surface area contributed by atoms with E-state index in [2.05, 4.69) is 62.8 Å². The minimum absolute atomic E-state index is 0.0939. The molecule has 1 amide bonds. The van der Waals surface area contributed by atoms with Crippen LogP contribution >= 0.6 is 15.9 Å². The Labute approximate surface area is 142 Å². The van der Waals surface area contributed by atoms with Gasteiger partial charge in [-0.2, -0.15) is 0 Å². The number of benzene rings is 1. The molecule has 0 saturated heterocycles. The predicted molar refractivity (Wildman–Crippen MR) is 95.9 cm³/mol. The van der Waals surface area contributed by atoms with E-state index in [1.807, 2.05) is 18.2 Å². The molecule has 0 radical (unpaired) electrons. The highest BCUT2D eigenvalue weighted by Gasteiger charge is 2.26. The first-order valence-corrected chi connectivity index (χ1v) is 8.60. The van der Waals surface area contributed by atoms with E-state index < -0.39 is 0 Å². The Morgan fingerprint density at radius 2 is 1.45 bits per heavy atom. The smallest absolute Gasteiger partial charge is 0.231 e. The van der Waals surface area contributed by atoms with Crippen LogP contribution in [0, 0.1) is 0 Å². The summed E-state index contributed by atoms with van der Waals surface area (Å²) >= 11 is 3.09. The van der Waals surface area contributed by atoms with Crippen LogP contribution in [0.3, 0.4) is 0 Å². The fourth-order valence-electron chi connectivity index (χ4n) is 2.35. The maximum absolute atomic E-state index is 12.2. The molecular weight excluding hydrogens is 342 g/mol. The second-order valence-corrected chi connectivity index (χ2v) is 8.19. The predicted octanol–water partition coefficient (Wildman–Crippen LogP) is 4.57. The number of halogens is 1. The van der Waals surface area contributed by atoms with E-state index in [1.165, 1.54) is 0 Å². The van der Waals surface area contributed by atoms with Crippen molar-refractivity contribution in [2.24, 2.45) is 0 Å². The number of Topliss-reactive ketones (excluding diaryl/α,β-unsaturated/α-hetero) is 1. The maximum Gasteiger partial charge on any atom is 0.231 e. The van der Waals surface area contributed by atoms with Crippen molar-refractivity contribution in [1.29, 1.82) is 0 Å². The van der Waals surface area contributed by atoms with Crippen LogP contribution in [-0.2, 0) is 20.4 Å². The zero-order valence-electron chi connectivity index (χ0n) is 14.3. The Kier molecular flexibility index (Phi) is 5.96. The third-order valence-corrected chi connectivity index (χ3v) is 4.08. The van der Waals surface area contributed by atoms with Crippen molar-refractivity contribution in [3.63, 3.8) is 0 Å². The molecule has 1 aromatic rings. The summed E-state index contributed by atoms with van der Waals surface area (Å²) in [6.45, 7) is 12.7. The molecule has 0 aliphatic rings. The SMILES string of the molecule is CC(C)(C)c1cccc(C(C)(C)C)c1NC(=O)CC(=O)CBr.